The van der Waals surface area contributed by atoms with Crippen molar-refractivity contribution in [3.8, 4) is 0 Å². The van der Waals surface area contributed by atoms with Crippen molar-refractivity contribution in [3.63, 3.8) is 0 Å². The first-order chi connectivity index (χ1) is 8.16. The van der Waals surface area contributed by atoms with Crippen molar-refractivity contribution >= 4 is 34.3 Å². The fraction of sp³-hybridized carbons (Fsp3) is 0. The average Bonchev–Trinajstić information content (AvgIpc) is 2.32. The number of carbonyl (C=O) groups is 1. The molecule has 0 atom stereocenters. The summed E-state index contributed by atoms with van der Waals surface area (Å²) in [5.41, 5.74) is -0.104. The number of amides is 1. The highest BCUT2D eigenvalue weighted by atomic mass is 127. The minimum atomic E-state index is -0.796. The van der Waals surface area contributed by atoms with E-state index in [9.17, 15) is 9.18 Å². The van der Waals surface area contributed by atoms with Crippen molar-refractivity contribution in [2.75, 3.05) is 5.32 Å². The Hall–Kier alpha value is -1.57. The summed E-state index contributed by atoms with van der Waals surface area (Å²) in [6, 6.07) is 6.31. The normalized spacial score (nSPS) is 10.0. The Balaban J connectivity index is 2.17. The van der Waals surface area contributed by atoms with Crippen LogP contribution in [-0.2, 0) is 0 Å². The predicted molar refractivity (Wildman–Crippen MR) is 69.1 cm³/mol. The summed E-state index contributed by atoms with van der Waals surface area (Å²) in [6.45, 7) is 0. The lowest BCUT2D eigenvalue weighted by Gasteiger charge is -2.04. The van der Waals surface area contributed by atoms with Gasteiger partial charge in [0.1, 0.15) is 5.82 Å². The van der Waals surface area contributed by atoms with Crippen LogP contribution < -0.4 is 5.32 Å². The minimum absolute atomic E-state index is 0.104. The van der Waals surface area contributed by atoms with E-state index in [2.05, 4.69) is 37.9 Å². The van der Waals surface area contributed by atoms with E-state index in [1.54, 1.807) is 18.3 Å². The lowest BCUT2D eigenvalue weighted by Crippen LogP contribution is -2.15. The molecule has 0 aromatic carbocycles. The molecule has 2 aromatic heterocycles. The lowest BCUT2D eigenvalue weighted by molar-refractivity contribution is 0.102. The number of rotatable bonds is 2. The molecule has 0 bridgehead atoms. The summed E-state index contributed by atoms with van der Waals surface area (Å²) in [5.74, 6) is -0.988. The Labute approximate surface area is 110 Å². The number of nitrogens with one attached hydrogen (secondary N) is 1. The van der Waals surface area contributed by atoms with Gasteiger partial charge in [0.05, 0.1) is 5.56 Å². The van der Waals surface area contributed by atoms with Gasteiger partial charge in [-0.2, -0.15) is 4.39 Å². The van der Waals surface area contributed by atoms with Crippen LogP contribution >= 0.6 is 22.6 Å². The van der Waals surface area contributed by atoms with Crippen LogP contribution in [0.15, 0.2) is 36.7 Å². The van der Waals surface area contributed by atoms with E-state index in [-0.39, 0.29) is 5.56 Å². The van der Waals surface area contributed by atoms with Gasteiger partial charge >= 0.3 is 0 Å². The van der Waals surface area contributed by atoms with E-state index in [1.807, 2.05) is 0 Å². The van der Waals surface area contributed by atoms with Crippen LogP contribution in [0.1, 0.15) is 10.4 Å². The molecule has 6 heteroatoms. The second-order valence-electron chi connectivity index (χ2n) is 3.16. The molecule has 2 heterocycles. The SMILES string of the molecule is O=C(Nc1ccc(I)cn1)c1cccnc1F. The van der Waals surface area contributed by atoms with E-state index in [4.69, 9.17) is 0 Å². The second-order valence-corrected chi connectivity index (χ2v) is 4.40. The summed E-state index contributed by atoms with van der Waals surface area (Å²) in [7, 11) is 0. The molecule has 0 aliphatic rings. The first kappa shape index (κ1) is 11.9. The van der Waals surface area contributed by atoms with Gasteiger partial charge < -0.3 is 5.32 Å². The summed E-state index contributed by atoms with van der Waals surface area (Å²) in [6.07, 6.45) is 2.89. The molecule has 0 radical (unpaired) electrons. The van der Waals surface area contributed by atoms with E-state index in [1.165, 1.54) is 18.3 Å². The zero-order chi connectivity index (χ0) is 12.3. The van der Waals surface area contributed by atoms with E-state index < -0.39 is 11.9 Å². The molecule has 17 heavy (non-hydrogen) atoms. The van der Waals surface area contributed by atoms with Gasteiger partial charge in [0.2, 0.25) is 5.95 Å². The molecule has 0 saturated heterocycles. The third-order valence-electron chi connectivity index (χ3n) is 1.97. The molecule has 86 valence electrons. The second kappa shape index (κ2) is 5.17. The van der Waals surface area contributed by atoms with Crippen LogP contribution in [0, 0.1) is 9.52 Å². The number of aromatic nitrogens is 2. The van der Waals surface area contributed by atoms with Crippen molar-refractivity contribution in [1.29, 1.82) is 0 Å². The molecule has 4 nitrogen and oxygen atoms in total. The molecular weight excluding hydrogens is 336 g/mol. The minimum Gasteiger partial charge on any atom is -0.306 e. The average molecular weight is 343 g/mol. The van der Waals surface area contributed by atoms with Gasteiger partial charge in [0, 0.05) is 16.0 Å². The van der Waals surface area contributed by atoms with E-state index in [0.717, 1.165) is 3.57 Å². The number of nitrogens with zero attached hydrogens (tertiary/aromatic N) is 2. The first-order valence-corrected chi connectivity index (χ1v) is 5.78. The van der Waals surface area contributed by atoms with Crippen molar-refractivity contribution in [3.05, 3.63) is 51.7 Å². The highest BCUT2D eigenvalue weighted by molar-refractivity contribution is 14.1. The van der Waals surface area contributed by atoms with Gasteiger partial charge in [-0.05, 0) is 46.9 Å². The largest absolute Gasteiger partial charge is 0.306 e. The number of anilines is 1. The number of carbonyl (C=O) groups excluding carboxylic acids is 1. The van der Waals surface area contributed by atoms with Crippen molar-refractivity contribution in [2.45, 2.75) is 0 Å². The third-order valence-corrected chi connectivity index (χ3v) is 2.61. The highest BCUT2D eigenvalue weighted by Gasteiger charge is 2.12. The van der Waals surface area contributed by atoms with E-state index >= 15 is 0 Å². The van der Waals surface area contributed by atoms with Crippen LogP contribution in [0.3, 0.4) is 0 Å². The zero-order valence-electron chi connectivity index (χ0n) is 8.52. The van der Waals surface area contributed by atoms with Crippen LogP contribution in [0.5, 0.6) is 0 Å². The lowest BCUT2D eigenvalue weighted by atomic mass is 10.2. The van der Waals surface area contributed by atoms with Crippen LogP contribution in [0.2, 0.25) is 0 Å². The van der Waals surface area contributed by atoms with Crippen molar-refractivity contribution in [1.82, 2.24) is 9.97 Å². The third kappa shape index (κ3) is 2.96. The molecule has 1 N–H and O–H groups in total. The summed E-state index contributed by atoms with van der Waals surface area (Å²) >= 11 is 2.10. The monoisotopic (exact) mass is 343 g/mol. The maximum absolute atomic E-state index is 13.2. The number of halogens is 2. The van der Waals surface area contributed by atoms with Gasteiger partial charge in [-0.15, -0.1) is 0 Å². The molecule has 0 aliphatic heterocycles. The molecule has 0 saturated carbocycles. The smallest absolute Gasteiger partial charge is 0.261 e. The van der Waals surface area contributed by atoms with Crippen molar-refractivity contribution < 1.29 is 9.18 Å². The van der Waals surface area contributed by atoms with E-state index in [0.29, 0.717) is 5.82 Å². The molecule has 2 aromatic rings. The quantitative estimate of drug-likeness (QED) is 0.673. The predicted octanol–water partition coefficient (Wildman–Crippen LogP) is 2.47. The molecule has 2 rings (SSSR count). The van der Waals surface area contributed by atoms with Gasteiger partial charge in [0.15, 0.2) is 0 Å². The fourth-order valence-corrected chi connectivity index (χ4v) is 1.51. The molecule has 1 amide bonds. The summed E-state index contributed by atoms with van der Waals surface area (Å²) < 4.78 is 14.2. The maximum atomic E-state index is 13.2. The Morgan fingerprint density at radius 3 is 2.76 bits per heavy atom. The van der Waals surface area contributed by atoms with Crippen molar-refractivity contribution in [2.24, 2.45) is 0 Å². The van der Waals surface area contributed by atoms with Crippen LogP contribution in [0.25, 0.3) is 0 Å². The standard InChI is InChI=1S/C11H7FIN3O/c12-10-8(2-1-5-14-10)11(17)16-9-4-3-7(13)6-15-9/h1-6H,(H,15,16,17). The summed E-state index contributed by atoms with van der Waals surface area (Å²) in [4.78, 5) is 19.1. The van der Waals surface area contributed by atoms with Gasteiger partial charge in [-0.25, -0.2) is 9.97 Å². The number of hydrogen-bond acceptors (Lipinski definition) is 3. The number of pyridine rings is 2. The Bertz CT molecular complexity index is 545. The molecule has 0 fully saturated rings. The highest BCUT2D eigenvalue weighted by Crippen LogP contribution is 2.10. The van der Waals surface area contributed by atoms with Gasteiger partial charge in [-0.1, -0.05) is 0 Å². The number of hydrogen-bond donors (Lipinski definition) is 1. The molecular formula is C11H7FIN3O. The summed E-state index contributed by atoms with van der Waals surface area (Å²) in [5, 5.41) is 2.49. The van der Waals surface area contributed by atoms with Gasteiger partial charge in [0.25, 0.3) is 5.91 Å². The topological polar surface area (TPSA) is 54.9 Å². The first-order valence-electron chi connectivity index (χ1n) is 4.70. The molecule has 0 spiro atoms. The Morgan fingerprint density at radius 1 is 1.29 bits per heavy atom. The van der Waals surface area contributed by atoms with Crippen LogP contribution in [-0.4, -0.2) is 15.9 Å². The Morgan fingerprint density at radius 2 is 2.12 bits per heavy atom. The molecule has 0 unspecified atom stereocenters. The maximum Gasteiger partial charge on any atom is 0.261 e. The van der Waals surface area contributed by atoms with Crippen LogP contribution in [0.4, 0.5) is 10.2 Å². The zero-order valence-corrected chi connectivity index (χ0v) is 10.7. The fourth-order valence-electron chi connectivity index (χ4n) is 1.19. The Kier molecular flexibility index (Phi) is 3.62. The van der Waals surface area contributed by atoms with Gasteiger partial charge in [-0.3, -0.25) is 4.79 Å². The molecule has 0 aliphatic carbocycles.